The zero-order chi connectivity index (χ0) is 20.8. The molecule has 0 aliphatic heterocycles. The monoisotopic (exact) mass is 427 g/mol. The Labute approximate surface area is 179 Å². The van der Waals surface area contributed by atoms with Gasteiger partial charge in [0.2, 0.25) is 5.13 Å². The Morgan fingerprint density at radius 1 is 1.28 bits per heavy atom. The number of carboxylic acid groups (broad SMARTS) is 1. The first-order chi connectivity index (χ1) is 14.0. The molecule has 0 fully saturated rings. The molecule has 29 heavy (non-hydrogen) atoms. The number of hydrogen-bond acceptors (Lipinski definition) is 5. The van der Waals surface area contributed by atoms with Gasteiger partial charge in [0.1, 0.15) is 0 Å². The highest BCUT2D eigenvalue weighted by Gasteiger charge is 2.18. The van der Waals surface area contributed by atoms with Crippen LogP contribution in [0.1, 0.15) is 42.6 Å². The molecule has 0 amide bonds. The summed E-state index contributed by atoms with van der Waals surface area (Å²) < 4.78 is 0. The van der Waals surface area contributed by atoms with E-state index < -0.39 is 5.97 Å². The Balaban J connectivity index is 1.95. The number of rotatable bonds is 8. The normalized spacial score (nSPS) is 12.2. The molecule has 0 aliphatic rings. The van der Waals surface area contributed by atoms with Crippen LogP contribution in [0, 0.1) is 0 Å². The number of thiazole rings is 1. The van der Waals surface area contributed by atoms with E-state index in [-0.39, 0.29) is 11.6 Å². The van der Waals surface area contributed by atoms with E-state index in [1.54, 1.807) is 30.5 Å². The summed E-state index contributed by atoms with van der Waals surface area (Å²) >= 11 is 7.80. The van der Waals surface area contributed by atoms with Crippen molar-refractivity contribution in [2.45, 2.75) is 32.7 Å². The fraction of sp³-hybridized carbons (Fsp3) is 0.227. The minimum atomic E-state index is -0.976. The number of hydrogen-bond donors (Lipinski definition) is 1. The van der Waals surface area contributed by atoms with Crippen LogP contribution in [0.5, 0.6) is 0 Å². The fourth-order valence-electron chi connectivity index (χ4n) is 2.98. The lowest BCUT2D eigenvalue weighted by atomic mass is 10.1. The van der Waals surface area contributed by atoms with Crippen molar-refractivity contribution in [3.8, 4) is 11.3 Å². The molecule has 1 unspecified atom stereocenters. The molecule has 3 aromatic rings. The molecule has 1 atom stereocenters. The van der Waals surface area contributed by atoms with Crippen LogP contribution in [-0.4, -0.2) is 28.3 Å². The maximum atomic E-state index is 11.5. The number of carbonyl (C=O) groups is 1. The molecule has 0 bridgehead atoms. The van der Waals surface area contributed by atoms with Crippen LogP contribution < -0.4 is 5.01 Å². The summed E-state index contributed by atoms with van der Waals surface area (Å²) in [6.07, 6.45) is 3.52. The van der Waals surface area contributed by atoms with Crippen LogP contribution in [0.15, 0.2) is 59.0 Å². The summed E-state index contributed by atoms with van der Waals surface area (Å²) in [6, 6.07) is 14.5. The topological polar surface area (TPSA) is 65.8 Å². The molecular formula is C22H22ClN3O2S. The third-order valence-electron chi connectivity index (χ3n) is 4.47. The van der Waals surface area contributed by atoms with Gasteiger partial charge in [0, 0.05) is 21.5 Å². The highest BCUT2D eigenvalue weighted by molar-refractivity contribution is 7.14. The number of aromatic carboxylic acids is 1. The largest absolute Gasteiger partial charge is 0.478 e. The second-order valence-electron chi connectivity index (χ2n) is 6.61. The molecule has 0 spiro atoms. The van der Waals surface area contributed by atoms with Crippen molar-refractivity contribution in [1.29, 1.82) is 0 Å². The van der Waals surface area contributed by atoms with E-state index in [1.807, 2.05) is 34.7 Å². The summed E-state index contributed by atoms with van der Waals surface area (Å²) in [7, 11) is 0. The van der Waals surface area contributed by atoms with Crippen molar-refractivity contribution >= 4 is 40.3 Å². The Morgan fingerprint density at radius 2 is 2.00 bits per heavy atom. The van der Waals surface area contributed by atoms with Crippen molar-refractivity contribution in [2.75, 3.05) is 5.01 Å². The lowest BCUT2D eigenvalue weighted by Crippen LogP contribution is -2.28. The van der Waals surface area contributed by atoms with Gasteiger partial charge in [0.25, 0.3) is 0 Å². The number of hydrazone groups is 1. The Bertz CT molecular complexity index is 1020. The first-order valence-electron chi connectivity index (χ1n) is 9.37. The highest BCUT2D eigenvalue weighted by Crippen LogP contribution is 2.33. The van der Waals surface area contributed by atoms with Gasteiger partial charge in [-0.05, 0) is 25.5 Å². The maximum Gasteiger partial charge on any atom is 0.336 e. The van der Waals surface area contributed by atoms with Gasteiger partial charge < -0.3 is 5.11 Å². The van der Waals surface area contributed by atoms with Gasteiger partial charge in [-0.15, -0.1) is 11.3 Å². The molecule has 0 saturated heterocycles. The number of nitrogens with zero attached hydrogens (tertiary/aromatic N) is 3. The van der Waals surface area contributed by atoms with Gasteiger partial charge in [0.15, 0.2) is 0 Å². The molecule has 3 rings (SSSR count). The smallest absolute Gasteiger partial charge is 0.336 e. The average molecular weight is 428 g/mol. The lowest BCUT2D eigenvalue weighted by Gasteiger charge is -2.23. The Kier molecular flexibility index (Phi) is 7.01. The standard InChI is InChI=1S/C22H22ClN3O2S/c1-3-8-15(2)26(24-13-16-9-4-5-10-17(16)21(27)28)22-25-20(14-29-22)18-11-6-7-12-19(18)23/h4-7,9-15H,3,8H2,1-2H3,(H,27,28)/b24-13+. The first kappa shape index (κ1) is 21.0. The second-order valence-corrected chi connectivity index (χ2v) is 7.86. The highest BCUT2D eigenvalue weighted by atomic mass is 35.5. The molecule has 7 heteroatoms. The van der Waals surface area contributed by atoms with E-state index in [0.717, 1.165) is 29.2 Å². The predicted molar refractivity (Wildman–Crippen MR) is 120 cm³/mol. The fourth-order valence-corrected chi connectivity index (χ4v) is 4.10. The van der Waals surface area contributed by atoms with Crippen LogP contribution in [0.2, 0.25) is 5.02 Å². The third kappa shape index (κ3) is 5.02. The van der Waals surface area contributed by atoms with E-state index >= 15 is 0 Å². The van der Waals surface area contributed by atoms with E-state index in [1.165, 1.54) is 11.3 Å². The third-order valence-corrected chi connectivity index (χ3v) is 5.63. The average Bonchev–Trinajstić information content (AvgIpc) is 3.18. The number of halogens is 1. The van der Waals surface area contributed by atoms with Crippen molar-refractivity contribution in [3.05, 3.63) is 70.1 Å². The van der Waals surface area contributed by atoms with Gasteiger partial charge in [0.05, 0.1) is 23.5 Å². The minimum absolute atomic E-state index is 0.110. The van der Waals surface area contributed by atoms with Crippen molar-refractivity contribution < 1.29 is 9.90 Å². The first-order valence-corrected chi connectivity index (χ1v) is 10.6. The van der Waals surface area contributed by atoms with Gasteiger partial charge in [-0.3, -0.25) is 0 Å². The van der Waals surface area contributed by atoms with Gasteiger partial charge in [-0.2, -0.15) is 5.10 Å². The summed E-state index contributed by atoms with van der Waals surface area (Å²) in [6.45, 7) is 4.20. The maximum absolute atomic E-state index is 11.5. The predicted octanol–water partition coefficient (Wildman–Crippen LogP) is 6.19. The lowest BCUT2D eigenvalue weighted by molar-refractivity contribution is 0.0696. The summed E-state index contributed by atoms with van der Waals surface area (Å²) in [4.78, 5) is 16.2. The second kappa shape index (κ2) is 9.67. The Morgan fingerprint density at radius 3 is 2.72 bits per heavy atom. The van der Waals surface area contributed by atoms with Crippen LogP contribution in [0.3, 0.4) is 0 Å². The Hall–Kier alpha value is -2.70. The molecule has 2 aromatic carbocycles. The van der Waals surface area contributed by atoms with E-state index in [4.69, 9.17) is 16.6 Å². The van der Waals surface area contributed by atoms with E-state index in [9.17, 15) is 9.90 Å². The zero-order valence-corrected chi connectivity index (χ0v) is 17.8. The molecule has 1 aromatic heterocycles. The number of carboxylic acids is 1. The quantitative estimate of drug-likeness (QED) is 0.343. The molecule has 1 heterocycles. The van der Waals surface area contributed by atoms with Crippen LogP contribution >= 0.6 is 22.9 Å². The number of aromatic nitrogens is 1. The molecule has 150 valence electrons. The number of anilines is 1. The van der Waals surface area contributed by atoms with Crippen molar-refractivity contribution in [1.82, 2.24) is 4.98 Å². The zero-order valence-electron chi connectivity index (χ0n) is 16.2. The molecule has 1 N–H and O–H groups in total. The van der Waals surface area contributed by atoms with Crippen molar-refractivity contribution in [3.63, 3.8) is 0 Å². The molecular weight excluding hydrogens is 406 g/mol. The van der Waals surface area contributed by atoms with Crippen LogP contribution in [0.4, 0.5) is 5.13 Å². The number of benzene rings is 2. The molecule has 0 aliphatic carbocycles. The SMILES string of the molecule is CCCC(C)N(/N=C/c1ccccc1C(=O)O)c1nc(-c2ccccc2Cl)cs1. The van der Waals surface area contributed by atoms with Gasteiger partial charge in [-0.1, -0.05) is 61.3 Å². The van der Waals surface area contributed by atoms with E-state index in [2.05, 4.69) is 18.9 Å². The summed E-state index contributed by atoms with van der Waals surface area (Å²) in [5.41, 5.74) is 2.44. The summed E-state index contributed by atoms with van der Waals surface area (Å²) in [5.74, 6) is -0.976. The van der Waals surface area contributed by atoms with E-state index in [0.29, 0.717) is 10.6 Å². The van der Waals surface area contributed by atoms with Crippen LogP contribution in [0.25, 0.3) is 11.3 Å². The molecule has 0 radical (unpaired) electrons. The molecule has 0 saturated carbocycles. The van der Waals surface area contributed by atoms with Gasteiger partial charge >= 0.3 is 5.97 Å². The van der Waals surface area contributed by atoms with Crippen LogP contribution in [-0.2, 0) is 0 Å². The van der Waals surface area contributed by atoms with Crippen molar-refractivity contribution in [2.24, 2.45) is 5.10 Å². The molecule has 5 nitrogen and oxygen atoms in total. The van der Waals surface area contributed by atoms with Gasteiger partial charge in [-0.25, -0.2) is 14.8 Å². The minimum Gasteiger partial charge on any atom is -0.478 e. The summed E-state index contributed by atoms with van der Waals surface area (Å²) in [5, 5.41) is 19.2.